The molecule has 13 heteroatoms. The first kappa shape index (κ1) is 30.8. The highest BCUT2D eigenvalue weighted by Gasteiger charge is 2.48. The third-order valence-corrected chi connectivity index (χ3v) is 8.49. The van der Waals surface area contributed by atoms with E-state index < -0.39 is 77.2 Å². The van der Waals surface area contributed by atoms with Crippen LogP contribution in [0.25, 0.3) is 11.0 Å². The maximum Gasteiger partial charge on any atom is 0.408 e. The van der Waals surface area contributed by atoms with Crippen LogP contribution in [0.1, 0.15) is 65.5 Å². The summed E-state index contributed by atoms with van der Waals surface area (Å²) < 4.78 is 49.8. The number of rotatable bonds is 1. The molecule has 11 nitrogen and oxygen atoms in total. The Morgan fingerprint density at radius 3 is 2.42 bits per heavy atom. The van der Waals surface area contributed by atoms with Crippen LogP contribution in [0.2, 0.25) is 0 Å². The summed E-state index contributed by atoms with van der Waals surface area (Å²) in [5.74, 6) is -7.05. The predicted octanol–water partition coefficient (Wildman–Crippen LogP) is 4.27. The topological polar surface area (TPSA) is 140 Å². The number of carboxylic acid groups (broad SMARTS) is 1. The van der Waals surface area contributed by atoms with E-state index in [1.165, 1.54) is 6.92 Å². The Labute approximate surface area is 248 Å². The summed E-state index contributed by atoms with van der Waals surface area (Å²) in [6, 6.07) is 4.11. The molecular weight excluding hydrogens is 566 g/mol. The Bertz CT molecular complexity index is 1380. The molecule has 0 spiro atoms. The summed E-state index contributed by atoms with van der Waals surface area (Å²) in [4.78, 5) is 48.9. The van der Waals surface area contributed by atoms with Gasteiger partial charge in [0, 0.05) is 18.9 Å². The lowest BCUT2D eigenvalue weighted by Gasteiger charge is -2.35. The van der Waals surface area contributed by atoms with Crippen molar-refractivity contribution in [1.29, 1.82) is 0 Å². The summed E-state index contributed by atoms with van der Waals surface area (Å²) in [6.07, 6.45) is -1.25. The molecule has 1 aromatic carbocycles. The molecule has 1 unspecified atom stereocenters. The van der Waals surface area contributed by atoms with E-state index in [-0.39, 0.29) is 31.5 Å². The van der Waals surface area contributed by atoms with Gasteiger partial charge in [-0.05, 0) is 43.2 Å². The van der Waals surface area contributed by atoms with Gasteiger partial charge in [-0.2, -0.15) is 8.78 Å². The number of amides is 2. The number of alkyl carbamates (subject to hydrolysis) is 1. The lowest BCUT2D eigenvalue weighted by Crippen LogP contribution is -2.57. The average Bonchev–Trinajstić information content (AvgIpc) is 3.56. The monoisotopic (exact) mass is 604 g/mol. The molecule has 0 radical (unpaired) electrons. The van der Waals surface area contributed by atoms with Crippen LogP contribution in [0.4, 0.5) is 13.6 Å². The summed E-state index contributed by atoms with van der Waals surface area (Å²) in [5.41, 5.74) is -0.881. The second kappa shape index (κ2) is 11.8. The summed E-state index contributed by atoms with van der Waals surface area (Å²) in [7, 11) is 0. The molecule has 2 amide bonds. The second-order valence-electron chi connectivity index (χ2n) is 12.7. The van der Waals surface area contributed by atoms with Crippen molar-refractivity contribution in [3.05, 3.63) is 30.0 Å². The van der Waals surface area contributed by atoms with Gasteiger partial charge in [-0.3, -0.25) is 4.79 Å². The highest BCUT2D eigenvalue weighted by molar-refractivity contribution is 5.90. The number of halogens is 2. The highest BCUT2D eigenvalue weighted by Crippen LogP contribution is 2.42. The number of hydrogen-bond donors (Lipinski definition) is 2. The molecule has 1 aromatic heterocycles. The molecule has 43 heavy (non-hydrogen) atoms. The molecule has 3 aliphatic rings. The number of carbonyl (C=O) groups excluding carboxylic acids is 2. The number of alkyl halides is 2. The quantitative estimate of drug-likeness (QED) is 0.488. The Morgan fingerprint density at radius 2 is 1.74 bits per heavy atom. The minimum absolute atomic E-state index is 0.00107. The van der Waals surface area contributed by atoms with Gasteiger partial charge in [-0.25, -0.2) is 19.6 Å². The molecular formula is C30H38F2N4O7. The fourth-order valence-electron chi connectivity index (χ4n) is 5.93. The van der Waals surface area contributed by atoms with Crippen LogP contribution in [0.5, 0.6) is 5.88 Å². The molecule has 2 bridgehead atoms. The van der Waals surface area contributed by atoms with Crippen LogP contribution in [0.15, 0.2) is 24.3 Å². The van der Waals surface area contributed by atoms with Crippen molar-refractivity contribution in [3.63, 3.8) is 0 Å². The van der Waals surface area contributed by atoms with Gasteiger partial charge < -0.3 is 29.5 Å². The van der Waals surface area contributed by atoms with E-state index in [2.05, 4.69) is 15.3 Å². The molecule has 3 heterocycles. The minimum Gasteiger partial charge on any atom is -0.480 e. The van der Waals surface area contributed by atoms with E-state index in [0.29, 0.717) is 18.4 Å². The van der Waals surface area contributed by atoms with Crippen LogP contribution in [-0.2, 0) is 25.0 Å². The number of carboxylic acids is 1. The standard InChI is InChI=1S/C30H38F2N4O7/c1-16-12-13-41-21-10-7-11-22(21)43-28(40)35-24(29(2,3)4)26(37)36-15-17(14-20(36)27(38)39)42-25-23(30(16,31)32)33-18-8-5-6-9-19(18)34-25/h5-6,8-9,16-17,20-22,24H,7,10-15H2,1-4H3,(H,35,40)(H,38,39)/t16?,17-,20+,21-,22-,24-/m1/s1. The van der Waals surface area contributed by atoms with Crippen molar-refractivity contribution in [2.24, 2.45) is 11.3 Å². The summed E-state index contributed by atoms with van der Waals surface area (Å²) in [5, 5.41) is 12.7. The third kappa shape index (κ3) is 6.36. The number of para-hydroxylation sites is 2. The second-order valence-corrected chi connectivity index (χ2v) is 12.7. The fraction of sp³-hybridized carbons (Fsp3) is 0.633. The van der Waals surface area contributed by atoms with Crippen molar-refractivity contribution >= 4 is 29.0 Å². The fourth-order valence-corrected chi connectivity index (χ4v) is 5.93. The summed E-state index contributed by atoms with van der Waals surface area (Å²) >= 11 is 0. The van der Waals surface area contributed by atoms with Gasteiger partial charge in [-0.1, -0.05) is 39.8 Å². The molecule has 5 rings (SSSR count). The number of nitrogens with zero attached hydrogens (tertiary/aromatic N) is 3. The first-order valence-corrected chi connectivity index (χ1v) is 14.7. The molecule has 2 aromatic rings. The van der Waals surface area contributed by atoms with Gasteiger partial charge in [0.1, 0.15) is 24.3 Å². The van der Waals surface area contributed by atoms with E-state index >= 15 is 8.78 Å². The van der Waals surface area contributed by atoms with Gasteiger partial charge in [0.15, 0.2) is 5.69 Å². The maximum atomic E-state index is 16.1. The SMILES string of the molecule is CC1CCO[C@@H]2CCC[C@H]2OC(=O)N[C@@H](C(C)(C)C)C(=O)N2C[C@@H](C[C@H]2C(=O)O)Oc2nc3ccccc3nc2C1(F)F. The number of ether oxygens (including phenoxy) is 3. The van der Waals surface area contributed by atoms with Crippen molar-refractivity contribution in [1.82, 2.24) is 20.2 Å². The third-order valence-electron chi connectivity index (χ3n) is 8.49. The van der Waals surface area contributed by atoms with E-state index in [9.17, 15) is 19.5 Å². The highest BCUT2D eigenvalue weighted by atomic mass is 19.3. The Balaban J connectivity index is 1.56. The van der Waals surface area contributed by atoms with Gasteiger partial charge >= 0.3 is 12.1 Å². The smallest absolute Gasteiger partial charge is 0.408 e. The normalized spacial score (nSPS) is 30.3. The van der Waals surface area contributed by atoms with Crippen LogP contribution in [0.3, 0.4) is 0 Å². The van der Waals surface area contributed by atoms with Crippen molar-refractivity contribution in [3.8, 4) is 5.88 Å². The molecule has 2 aliphatic heterocycles. The van der Waals surface area contributed by atoms with E-state index in [0.717, 1.165) is 11.3 Å². The molecule has 234 valence electrons. The number of aromatic nitrogens is 2. The first-order valence-electron chi connectivity index (χ1n) is 14.7. The van der Waals surface area contributed by atoms with Crippen LogP contribution >= 0.6 is 0 Å². The average molecular weight is 605 g/mol. The van der Waals surface area contributed by atoms with Crippen LogP contribution in [-0.4, -0.2) is 81.5 Å². The minimum atomic E-state index is -3.48. The van der Waals surface area contributed by atoms with Crippen LogP contribution < -0.4 is 10.1 Å². The molecule has 1 aliphatic carbocycles. The van der Waals surface area contributed by atoms with E-state index in [1.54, 1.807) is 45.0 Å². The number of nitrogens with one attached hydrogen (secondary N) is 1. The number of benzene rings is 1. The zero-order valence-corrected chi connectivity index (χ0v) is 24.7. The zero-order valence-electron chi connectivity index (χ0n) is 24.7. The van der Waals surface area contributed by atoms with Gasteiger partial charge in [0.2, 0.25) is 11.8 Å². The largest absolute Gasteiger partial charge is 0.480 e. The van der Waals surface area contributed by atoms with Gasteiger partial charge in [0.25, 0.3) is 5.92 Å². The first-order chi connectivity index (χ1) is 20.3. The Kier molecular flexibility index (Phi) is 8.47. The summed E-state index contributed by atoms with van der Waals surface area (Å²) in [6.45, 7) is 6.39. The predicted molar refractivity (Wildman–Crippen MR) is 150 cm³/mol. The molecule has 1 saturated heterocycles. The van der Waals surface area contributed by atoms with Gasteiger partial charge in [-0.15, -0.1) is 0 Å². The molecule has 6 atom stereocenters. The lowest BCUT2D eigenvalue weighted by atomic mass is 9.85. The zero-order chi connectivity index (χ0) is 31.1. The molecule has 2 fully saturated rings. The lowest BCUT2D eigenvalue weighted by molar-refractivity contribution is -0.150. The van der Waals surface area contributed by atoms with Crippen LogP contribution in [0, 0.1) is 11.3 Å². The molecule has 1 saturated carbocycles. The van der Waals surface area contributed by atoms with Crippen molar-refractivity contribution in [2.75, 3.05) is 13.2 Å². The Hall–Kier alpha value is -3.61. The van der Waals surface area contributed by atoms with Gasteiger partial charge in [0.05, 0.1) is 23.7 Å². The van der Waals surface area contributed by atoms with E-state index in [4.69, 9.17) is 14.2 Å². The maximum absolute atomic E-state index is 16.1. The number of aliphatic carboxylic acids is 1. The molecule has 2 N–H and O–H groups in total. The Morgan fingerprint density at radius 1 is 1.07 bits per heavy atom. The van der Waals surface area contributed by atoms with E-state index in [1.807, 2.05) is 0 Å². The number of fused-ring (bicyclic) bond motifs is 5. The van der Waals surface area contributed by atoms with Crippen molar-refractivity contribution < 1.29 is 42.5 Å². The number of hydrogen-bond acceptors (Lipinski definition) is 8. The number of carbonyl (C=O) groups is 3. The van der Waals surface area contributed by atoms with Crippen molar-refractivity contribution in [2.45, 2.75) is 96.1 Å².